The van der Waals surface area contributed by atoms with Gasteiger partial charge < -0.3 is 15.4 Å². The van der Waals surface area contributed by atoms with E-state index in [1.165, 1.54) is 13.2 Å². The number of halogens is 1. The Morgan fingerprint density at radius 1 is 1.09 bits per heavy atom. The molecule has 1 fully saturated rings. The molecule has 2 amide bonds. The van der Waals surface area contributed by atoms with Crippen LogP contribution in [0.4, 0.5) is 10.1 Å². The first-order valence-electron chi connectivity index (χ1n) is 14.4. The first kappa shape index (κ1) is 28.9. The van der Waals surface area contributed by atoms with Gasteiger partial charge in [-0.3, -0.25) is 29.6 Å². The fraction of sp³-hybridized carbons (Fsp3) is 0.242. The van der Waals surface area contributed by atoms with Crippen LogP contribution in [0.1, 0.15) is 34.5 Å². The van der Waals surface area contributed by atoms with Crippen LogP contribution in [0.5, 0.6) is 5.75 Å². The van der Waals surface area contributed by atoms with Crippen LogP contribution in [0.15, 0.2) is 79.3 Å². The number of hydrogen-bond donors (Lipinski definition) is 3. The van der Waals surface area contributed by atoms with Crippen LogP contribution in [0.25, 0.3) is 22.2 Å². The number of benzene rings is 2. The van der Waals surface area contributed by atoms with Gasteiger partial charge in [0, 0.05) is 59.3 Å². The SMILES string of the molecule is COc1cccc(F)c1CN1C[C@H](NC(=O)c2ccc3[nH]nc(-c4ccnc(C)c4)c3c2)CC[C@H]1C(=O)Nc1cccnc1. The number of aromatic nitrogens is 4. The maximum atomic E-state index is 15.0. The molecule has 6 rings (SSSR count). The Balaban J connectivity index is 1.23. The molecular weight excluding hydrogens is 561 g/mol. The molecule has 11 heteroatoms. The second-order valence-corrected chi connectivity index (χ2v) is 10.9. The van der Waals surface area contributed by atoms with Crippen LogP contribution < -0.4 is 15.4 Å². The quantitative estimate of drug-likeness (QED) is 0.234. The van der Waals surface area contributed by atoms with E-state index < -0.39 is 11.9 Å². The zero-order valence-corrected chi connectivity index (χ0v) is 24.4. The third-order valence-electron chi connectivity index (χ3n) is 7.90. The van der Waals surface area contributed by atoms with Gasteiger partial charge >= 0.3 is 0 Å². The molecule has 0 unspecified atom stereocenters. The van der Waals surface area contributed by atoms with Crippen molar-refractivity contribution in [3.05, 3.63) is 102 Å². The minimum Gasteiger partial charge on any atom is -0.496 e. The fourth-order valence-electron chi connectivity index (χ4n) is 5.72. The number of methoxy groups -OCH3 is 1. The highest BCUT2D eigenvalue weighted by molar-refractivity contribution is 6.01. The van der Waals surface area contributed by atoms with E-state index in [0.29, 0.717) is 42.0 Å². The largest absolute Gasteiger partial charge is 0.496 e. The molecule has 0 bridgehead atoms. The van der Waals surface area contributed by atoms with E-state index in [2.05, 4.69) is 30.8 Å². The van der Waals surface area contributed by atoms with Crippen molar-refractivity contribution in [1.29, 1.82) is 0 Å². The fourth-order valence-corrected chi connectivity index (χ4v) is 5.72. The van der Waals surface area contributed by atoms with E-state index in [1.807, 2.05) is 36.1 Å². The van der Waals surface area contributed by atoms with Crippen molar-refractivity contribution in [3.63, 3.8) is 0 Å². The number of nitrogens with one attached hydrogen (secondary N) is 3. The summed E-state index contributed by atoms with van der Waals surface area (Å²) in [4.78, 5) is 37.2. The summed E-state index contributed by atoms with van der Waals surface area (Å²) < 4.78 is 20.4. The van der Waals surface area contributed by atoms with Gasteiger partial charge in [-0.25, -0.2) is 4.39 Å². The topological polar surface area (TPSA) is 125 Å². The molecule has 1 aliphatic heterocycles. The van der Waals surface area contributed by atoms with Crippen molar-refractivity contribution in [2.75, 3.05) is 19.0 Å². The Morgan fingerprint density at radius 3 is 2.77 bits per heavy atom. The molecule has 4 heterocycles. The van der Waals surface area contributed by atoms with Crippen molar-refractivity contribution < 1.29 is 18.7 Å². The van der Waals surface area contributed by atoms with Gasteiger partial charge in [-0.1, -0.05) is 6.07 Å². The van der Waals surface area contributed by atoms with Crippen LogP contribution in [-0.2, 0) is 11.3 Å². The molecule has 224 valence electrons. The smallest absolute Gasteiger partial charge is 0.251 e. The van der Waals surface area contributed by atoms with E-state index in [9.17, 15) is 14.0 Å². The third-order valence-corrected chi connectivity index (χ3v) is 7.90. The summed E-state index contributed by atoms with van der Waals surface area (Å²) in [5, 5.41) is 14.4. The molecule has 0 aliphatic carbocycles. The van der Waals surface area contributed by atoms with Crippen molar-refractivity contribution in [3.8, 4) is 17.0 Å². The lowest BCUT2D eigenvalue weighted by molar-refractivity contribution is -0.123. The van der Waals surface area contributed by atoms with Gasteiger partial charge in [0.05, 0.1) is 30.6 Å². The van der Waals surface area contributed by atoms with Gasteiger partial charge in [-0.2, -0.15) is 5.10 Å². The van der Waals surface area contributed by atoms with Crippen molar-refractivity contribution >= 4 is 28.4 Å². The Morgan fingerprint density at radius 2 is 1.98 bits per heavy atom. The highest BCUT2D eigenvalue weighted by Gasteiger charge is 2.35. The molecule has 0 spiro atoms. The van der Waals surface area contributed by atoms with Crippen LogP contribution in [0, 0.1) is 12.7 Å². The number of amides is 2. The monoisotopic (exact) mass is 593 g/mol. The number of rotatable bonds is 8. The molecule has 2 atom stereocenters. The molecule has 1 saturated heterocycles. The van der Waals surface area contributed by atoms with Gasteiger partial charge in [-0.15, -0.1) is 0 Å². The first-order chi connectivity index (χ1) is 21.4. The highest BCUT2D eigenvalue weighted by Crippen LogP contribution is 2.29. The summed E-state index contributed by atoms with van der Waals surface area (Å²) in [7, 11) is 1.49. The number of hydrogen-bond acceptors (Lipinski definition) is 7. The average Bonchev–Trinajstić information content (AvgIpc) is 3.46. The van der Waals surface area contributed by atoms with Crippen molar-refractivity contribution in [2.45, 2.75) is 38.4 Å². The third kappa shape index (κ3) is 6.13. The number of ether oxygens (including phenoxy) is 1. The van der Waals surface area contributed by atoms with E-state index in [-0.39, 0.29) is 24.4 Å². The summed E-state index contributed by atoms with van der Waals surface area (Å²) in [5.41, 5.74) is 4.75. The van der Waals surface area contributed by atoms with Crippen LogP contribution in [-0.4, -0.2) is 62.6 Å². The number of pyridine rings is 2. The lowest BCUT2D eigenvalue weighted by atomic mass is 9.96. The molecular formula is C33H32FN7O3. The molecule has 0 radical (unpaired) electrons. The number of nitrogens with zero attached hydrogens (tertiary/aromatic N) is 4. The molecule has 3 aromatic heterocycles. The number of H-pyrrole nitrogens is 1. The molecule has 3 N–H and O–H groups in total. The Labute approximate surface area is 253 Å². The molecule has 0 saturated carbocycles. The number of aryl methyl sites for hydroxylation is 1. The molecule has 2 aromatic carbocycles. The maximum Gasteiger partial charge on any atom is 0.251 e. The summed E-state index contributed by atoms with van der Waals surface area (Å²) in [6, 6.07) is 16.6. The predicted molar refractivity (Wildman–Crippen MR) is 165 cm³/mol. The zero-order chi connectivity index (χ0) is 30.6. The van der Waals surface area contributed by atoms with Crippen molar-refractivity contribution in [2.24, 2.45) is 0 Å². The van der Waals surface area contributed by atoms with E-state index in [0.717, 1.165) is 27.9 Å². The van der Waals surface area contributed by atoms with Crippen LogP contribution >= 0.6 is 0 Å². The van der Waals surface area contributed by atoms with E-state index in [1.54, 1.807) is 48.9 Å². The number of fused-ring (bicyclic) bond motifs is 1. The molecule has 5 aromatic rings. The number of carbonyl (C=O) groups is 2. The summed E-state index contributed by atoms with van der Waals surface area (Å²) in [6.45, 7) is 2.38. The second-order valence-electron chi connectivity index (χ2n) is 10.9. The number of likely N-dealkylation sites (tertiary alicyclic amines) is 1. The number of carbonyl (C=O) groups excluding carboxylic acids is 2. The van der Waals surface area contributed by atoms with Gasteiger partial charge in [0.25, 0.3) is 5.91 Å². The zero-order valence-electron chi connectivity index (χ0n) is 24.4. The Bertz CT molecular complexity index is 1810. The Kier molecular flexibility index (Phi) is 8.29. The molecule has 44 heavy (non-hydrogen) atoms. The van der Waals surface area contributed by atoms with Crippen LogP contribution in [0.2, 0.25) is 0 Å². The van der Waals surface area contributed by atoms with E-state index >= 15 is 0 Å². The normalized spacial score (nSPS) is 16.9. The number of anilines is 1. The van der Waals surface area contributed by atoms with Crippen LogP contribution in [0.3, 0.4) is 0 Å². The average molecular weight is 594 g/mol. The molecule has 1 aliphatic rings. The number of aromatic amines is 1. The maximum absolute atomic E-state index is 15.0. The number of piperidine rings is 1. The molecule has 10 nitrogen and oxygen atoms in total. The van der Waals surface area contributed by atoms with Gasteiger partial charge in [0.2, 0.25) is 5.91 Å². The minimum absolute atomic E-state index is 0.128. The van der Waals surface area contributed by atoms with Gasteiger partial charge in [0.1, 0.15) is 17.3 Å². The minimum atomic E-state index is -0.554. The lowest BCUT2D eigenvalue weighted by Gasteiger charge is -2.39. The highest BCUT2D eigenvalue weighted by atomic mass is 19.1. The summed E-state index contributed by atoms with van der Waals surface area (Å²) in [5.74, 6) is -0.481. The van der Waals surface area contributed by atoms with Gasteiger partial charge in [0.15, 0.2) is 0 Å². The van der Waals surface area contributed by atoms with Gasteiger partial charge in [-0.05, 0) is 74.4 Å². The lowest BCUT2D eigenvalue weighted by Crippen LogP contribution is -2.55. The predicted octanol–water partition coefficient (Wildman–Crippen LogP) is 4.88. The summed E-state index contributed by atoms with van der Waals surface area (Å²) >= 11 is 0. The Hall–Kier alpha value is -5.16. The second kappa shape index (κ2) is 12.6. The van der Waals surface area contributed by atoms with Crippen molar-refractivity contribution in [1.82, 2.24) is 30.4 Å². The summed E-state index contributed by atoms with van der Waals surface area (Å²) in [6.07, 6.45) is 5.96. The standard InChI is InChI=1S/C33H32FN7O3/c1-20-15-21(12-14-36-20)31-25-16-22(8-10-28(25)39-40-31)32(42)38-24-9-11-29(33(43)37-23-5-4-13-35-17-23)41(18-24)19-26-27(34)6-3-7-30(26)44-2/h3-8,10,12-17,24,29H,9,11,18-19H2,1-2H3,(H,37,43)(H,38,42)(H,39,40)/t24-,29+/m1/s1. The first-order valence-corrected chi connectivity index (χ1v) is 14.4. The van der Waals surface area contributed by atoms with E-state index in [4.69, 9.17) is 4.74 Å².